The maximum absolute atomic E-state index is 13.4. The Morgan fingerprint density at radius 2 is 1.53 bits per heavy atom. The van der Waals surface area contributed by atoms with Crippen LogP contribution in [0.4, 0.5) is 10.1 Å². The molecule has 0 atom stereocenters. The topological polar surface area (TPSA) is 68.3 Å². The second-order valence-electron chi connectivity index (χ2n) is 9.87. The first kappa shape index (κ1) is 24.1. The van der Waals surface area contributed by atoms with Crippen molar-refractivity contribution in [3.8, 4) is 0 Å². The van der Waals surface area contributed by atoms with Gasteiger partial charge in [0.1, 0.15) is 11.6 Å². The molecule has 1 aliphatic rings. The van der Waals surface area contributed by atoms with Gasteiger partial charge in [0.15, 0.2) is 11.2 Å². The number of piperazine rings is 1. The molecule has 0 amide bonds. The molecule has 1 saturated heterocycles. The Morgan fingerprint density at radius 1 is 0.816 bits per heavy atom. The fraction of sp³-hybridized carbons (Fsp3) is 0.276. The van der Waals surface area contributed by atoms with Crippen LogP contribution in [0.2, 0.25) is 0 Å². The third kappa shape index (κ3) is 4.18. The summed E-state index contributed by atoms with van der Waals surface area (Å²) in [5.74, 6) is 0.513. The van der Waals surface area contributed by atoms with Crippen LogP contribution in [0.1, 0.15) is 11.4 Å². The zero-order valence-corrected chi connectivity index (χ0v) is 21.5. The SMILES string of the molecule is Cn1c(=O)c2c(nc(CN3CCN(c4ccc(F)cc4)CC3)n2Cc2cccc3ccccc23)n(C)c1=O. The number of hydrogen-bond donors (Lipinski definition) is 0. The quantitative estimate of drug-likeness (QED) is 0.362. The van der Waals surface area contributed by atoms with E-state index < -0.39 is 5.69 Å². The van der Waals surface area contributed by atoms with Gasteiger partial charge in [-0.1, -0.05) is 42.5 Å². The molecule has 6 rings (SSSR count). The van der Waals surface area contributed by atoms with Crippen LogP contribution in [0.3, 0.4) is 0 Å². The van der Waals surface area contributed by atoms with E-state index in [1.165, 1.54) is 23.7 Å². The van der Waals surface area contributed by atoms with Gasteiger partial charge >= 0.3 is 5.69 Å². The van der Waals surface area contributed by atoms with Gasteiger partial charge in [-0.3, -0.25) is 18.8 Å². The minimum Gasteiger partial charge on any atom is -0.369 e. The minimum absolute atomic E-state index is 0.238. The Balaban J connectivity index is 1.37. The summed E-state index contributed by atoms with van der Waals surface area (Å²) < 4.78 is 17.9. The van der Waals surface area contributed by atoms with Gasteiger partial charge in [-0.05, 0) is 40.6 Å². The zero-order valence-electron chi connectivity index (χ0n) is 21.5. The predicted molar refractivity (Wildman–Crippen MR) is 147 cm³/mol. The molecule has 38 heavy (non-hydrogen) atoms. The number of nitrogens with zero attached hydrogens (tertiary/aromatic N) is 6. The van der Waals surface area contributed by atoms with E-state index in [-0.39, 0.29) is 11.4 Å². The molecule has 0 N–H and O–H groups in total. The van der Waals surface area contributed by atoms with Crippen molar-refractivity contribution in [2.45, 2.75) is 13.1 Å². The predicted octanol–water partition coefficient (Wildman–Crippen LogP) is 3.10. The summed E-state index contributed by atoms with van der Waals surface area (Å²) >= 11 is 0. The average molecular weight is 513 g/mol. The highest BCUT2D eigenvalue weighted by Crippen LogP contribution is 2.23. The second kappa shape index (κ2) is 9.57. The lowest BCUT2D eigenvalue weighted by Crippen LogP contribution is -2.46. The average Bonchev–Trinajstić information content (AvgIpc) is 3.29. The van der Waals surface area contributed by atoms with Gasteiger partial charge in [-0.25, -0.2) is 14.2 Å². The molecule has 3 aromatic carbocycles. The molecule has 194 valence electrons. The number of hydrogen-bond acceptors (Lipinski definition) is 5. The molecular formula is C29H29FN6O2. The van der Waals surface area contributed by atoms with Crippen LogP contribution in [-0.2, 0) is 27.2 Å². The lowest BCUT2D eigenvalue weighted by Gasteiger charge is -2.36. The summed E-state index contributed by atoms with van der Waals surface area (Å²) in [7, 11) is 3.16. The Morgan fingerprint density at radius 3 is 2.29 bits per heavy atom. The van der Waals surface area contributed by atoms with Crippen molar-refractivity contribution in [1.82, 2.24) is 23.6 Å². The number of rotatable bonds is 5. The van der Waals surface area contributed by atoms with Gasteiger partial charge in [0, 0.05) is 46.0 Å². The minimum atomic E-state index is -0.392. The van der Waals surface area contributed by atoms with Gasteiger partial charge in [-0.2, -0.15) is 0 Å². The van der Waals surface area contributed by atoms with Crippen molar-refractivity contribution < 1.29 is 4.39 Å². The summed E-state index contributed by atoms with van der Waals surface area (Å²) in [5, 5.41) is 2.26. The number of anilines is 1. The summed E-state index contributed by atoms with van der Waals surface area (Å²) in [6.07, 6.45) is 0. The Hall–Kier alpha value is -4.24. The van der Waals surface area contributed by atoms with Crippen LogP contribution in [0.25, 0.3) is 21.9 Å². The third-order valence-corrected chi connectivity index (χ3v) is 7.56. The standard InChI is InChI=1S/C29H29FN6O2/c1-32-27-26(28(37)33(2)29(32)38)36(18-21-8-5-7-20-6-3-4-9-24(20)21)25(31-27)19-34-14-16-35(17-15-34)23-12-10-22(30)11-13-23/h3-13H,14-19H2,1-2H3. The van der Waals surface area contributed by atoms with E-state index in [4.69, 9.17) is 4.98 Å². The van der Waals surface area contributed by atoms with Crippen molar-refractivity contribution >= 4 is 27.6 Å². The van der Waals surface area contributed by atoms with Crippen molar-refractivity contribution in [1.29, 1.82) is 0 Å². The number of fused-ring (bicyclic) bond motifs is 2. The maximum Gasteiger partial charge on any atom is 0.332 e. The third-order valence-electron chi connectivity index (χ3n) is 7.56. The number of imidazole rings is 1. The van der Waals surface area contributed by atoms with E-state index in [2.05, 4.69) is 34.1 Å². The largest absolute Gasteiger partial charge is 0.369 e. The molecule has 8 nitrogen and oxygen atoms in total. The van der Waals surface area contributed by atoms with Gasteiger partial charge < -0.3 is 9.47 Å². The fourth-order valence-electron chi connectivity index (χ4n) is 5.40. The normalized spacial score (nSPS) is 14.6. The zero-order chi connectivity index (χ0) is 26.4. The molecule has 1 fully saturated rings. The molecule has 1 aliphatic heterocycles. The lowest BCUT2D eigenvalue weighted by atomic mass is 10.0. The van der Waals surface area contributed by atoms with Crippen LogP contribution in [-0.4, -0.2) is 49.8 Å². The first-order valence-corrected chi connectivity index (χ1v) is 12.8. The van der Waals surface area contributed by atoms with E-state index >= 15 is 0 Å². The molecule has 0 unspecified atom stereocenters. The molecule has 3 heterocycles. The van der Waals surface area contributed by atoms with Gasteiger partial charge in [0.05, 0.1) is 13.1 Å². The number of aryl methyl sites for hydroxylation is 1. The van der Waals surface area contributed by atoms with Gasteiger partial charge in [0.2, 0.25) is 0 Å². The van der Waals surface area contributed by atoms with E-state index in [0.29, 0.717) is 24.3 Å². The molecule has 2 aromatic heterocycles. The molecule has 0 aliphatic carbocycles. The van der Waals surface area contributed by atoms with Gasteiger partial charge in [-0.15, -0.1) is 0 Å². The molecular weight excluding hydrogens is 483 g/mol. The monoisotopic (exact) mass is 512 g/mol. The highest BCUT2D eigenvalue weighted by atomic mass is 19.1. The highest BCUT2D eigenvalue weighted by molar-refractivity contribution is 5.86. The molecule has 0 radical (unpaired) electrons. The van der Waals surface area contributed by atoms with Crippen LogP contribution >= 0.6 is 0 Å². The smallest absolute Gasteiger partial charge is 0.332 e. The summed E-state index contributed by atoms with van der Waals surface area (Å²) in [6, 6.07) is 21.0. The second-order valence-corrected chi connectivity index (χ2v) is 9.87. The number of halogens is 1. The van der Waals surface area contributed by atoms with Crippen molar-refractivity contribution in [3.63, 3.8) is 0 Å². The number of benzene rings is 3. The molecule has 5 aromatic rings. The molecule has 9 heteroatoms. The summed E-state index contributed by atoms with van der Waals surface area (Å²) in [5.41, 5.74) is 2.19. The van der Waals surface area contributed by atoms with Crippen LogP contribution < -0.4 is 16.1 Å². The highest BCUT2D eigenvalue weighted by Gasteiger charge is 2.23. The van der Waals surface area contributed by atoms with Crippen molar-refractivity contribution in [2.24, 2.45) is 14.1 Å². The lowest BCUT2D eigenvalue weighted by molar-refractivity contribution is 0.241. The number of aromatic nitrogens is 4. The summed E-state index contributed by atoms with van der Waals surface area (Å²) in [6.45, 7) is 4.21. The first-order chi connectivity index (χ1) is 18.4. The van der Waals surface area contributed by atoms with Crippen molar-refractivity contribution in [3.05, 3.63) is 105 Å². The van der Waals surface area contributed by atoms with E-state index in [9.17, 15) is 14.0 Å². The summed E-state index contributed by atoms with van der Waals surface area (Å²) in [4.78, 5) is 35.4. The van der Waals surface area contributed by atoms with Gasteiger partial charge in [0.25, 0.3) is 5.56 Å². The van der Waals surface area contributed by atoms with E-state index in [1.807, 2.05) is 34.9 Å². The molecule has 0 saturated carbocycles. The Kier molecular flexibility index (Phi) is 6.07. The van der Waals surface area contributed by atoms with Crippen LogP contribution in [0, 0.1) is 5.82 Å². The van der Waals surface area contributed by atoms with Crippen molar-refractivity contribution in [2.75, 3.05) is 31.1 Å². The van der Waals surface area contributed by atoms with Crippen LogP contribution in [0.15, 0.2) is 76.3 Å². The van der Waals surface area contributed by atoms with E-state index in [1.54, 1.807) is 7.05 Å². The first-order valence-electron chi connectivity index (χ1n) is 12.8. The Bertz CT molecular complexity index is 1760. The Labute approximate surface area is 218 Å². The molecule has 0 bridgehead atoms. The van der Waals surface area contributed by atoms with E-state index in [0.717, 1.165) is 58.6 Å². The molecule has 0 spiro atoms. The van der Waals surface area contributed by atoms with Crippen LogP contribution in [0.5, 0.6) is 0 Å². The maximum atomic E-state index is 13.4. The fourth-order valence-corrected chi connectivity index (χ4v) is 5.40.